The summed E-state index contributed by atoms with van der Waals surface area (Å²) in [5, 5.41) is 0. The summed E-state index contributed by atoms with van der Waals surface area (Å²) in [6.07, 6.45) is 8.28. The van der Waals surface area contributed by atoms with Crippen molar-refractivity contribution in [2.45, 2.75) is 58.9 Å². The van der Waals surface area contributed by atoms with Crippen LogP contribution in [0.25, 0.3) is 0 Å². The number of pyridine rings is 1. The number of nitrogens with zero attached hydrogens (tertiary/aromatic N) is 3. The lowest BCUT2D eigenvalue weighted by molar-refractivity contribution is -0.116. The molecule has 0 spiro atoms. The van der Waals surface area contributed by atoms with E-state index >= 15 is 0 Å². The lowest BCUT2D eigenvalue weighted by atomic mass is 10.1. The van der Waals surface area contributed by atoms with Gasteiger partial charge >= 0.3 is 0 Å². The van der Waals surface area contributed by atoms with E-state index in [9.17, 15) is 9.59 Å². The molecule has 3 rings (SSSR count). The van der Waals surface area contributed by atoms with Gasteiger partial charge in [-0.15, -0.1) is 0 Å². The second-order valence-corrected chi connectivity index (χ2v) is 7.83. The average Bonchev–Trinajstić information content (AvgIpc) is 2.73. The Morgan fingerprint density at radius 2 is 1.62 bits per heavy atom. The predicted octanol–water partition coefficient (Wildman–Crippen LogP) is 4.74. The van der Waals surface area contributed by atoms with Crippen LogP contribution in [0.3, 0.4) is 0 Å². The van der Waals surface area contributed by atoms with E-state index in [1.807, 2.05) is 47.1 Å². The molecule has 0 bridgehead atoms. The van der Waals surface area contributed by atoms with E-state index in [4.69, 9.17) is 0 Å². The minimum absolute atomic E-state index is 0.0227. The van der Waals surface area contributed by atoms with Crippen LogP contribution in [0.15, 0.2) is 42.6 Å². The first-order chi connectivity index (χ1) is 14.1. The van der Waals surface area contributed by atoms with Crippen LogP contribution in [0.5, 0.6) is 0 Å². The SMILES string of the molecule is CC(=O)N1CCCCCCCCN(C(=O)c2ccnc(C)c2)Cc2ccccc21. The van der Waals surface area contributed by atoms with Crippen molar-refractivity contribution in [1.29, 1.82) is 0 Å². The number of aromatic nitrogens is 1. The van der Waals surface area contributed by atoms with Crippen molar-refractivity contribution in [2.24, 2.45) is 0 Å². The number of amides is 2. The maximum Gasteiger partial charge on any atom is 0.254 e. The monoisotopic (exact) mass is 393 g/mol. The number of carbonyl (C=O) groups is 2. The normalized spacial score (nSPS) is 16.2. The first-order valence-electron chi connectivity index (χ1n) is 10.6. The molecule has 0 aliphatic carbocycles. The molecule has 0 radical (unpaired) electrons. The Hall–Kier alpha value is -2.69. The molecule has 1 aliphatic rings. The van der Waals surface area contributed by atoms with Gasteiger partial charge in [0, 0.05) is 49.7 Å². The predicted molar refractivity (Wildman–Crippen MR) is 116 cm³/mol. The second-order valence-electron chi connectivity index (χ2n) is 7.83. The molecule has 0 N–H and O–H groups in total. The van der Waals surface area contributed by atoms with E-state index in [1.165, 1.54) is 12.8 Å². The molecule has 29 heavy (non-hydrogen) atoms. The molecule has 1 aromatic heterocycles. The molecule has 2 aromatic rings. The number of hydrogen-bond acceptors (Lipinski definition) is 3. The van der Waals surface area contributed by atoms with Crippen molar-refractivity contribution in [3.05, 3.63) is 59.4 Å². The quantitative estimate of drug-likeness (QED) is 0.703. The number of aryl methyl sites for hydroxylation is 1. The van der Waals surface area contributed by atoms with Crippen molar-refractivity contribution >= 4 is 17.5 Å². The summed E-state index contributed by atoms with van der Waals surface area (Å²) in [4.78, 5) is 33.6. The van der Waals surface area contributed by atoms with E-state index in [-0.39, 0.29) is 11.8 Å². The van der Waals surface area contributed by atoms with Crippen LogP contribution in [-0.2, 0) is 11.3 Å². The number of fused-ring (bicyclic) bond motifs is 1. The highest BCUT2D eigenvalue weighted by atomic mass is 16.2. The molecule has 154 valence electrons. The van der Waals surface area contributed by atoms with Gasteiger partial charge in [0.05, 0.1) is 0 Å². The van der Waals surface area contributed by atoms with Crippen molar-refractivity contribution in [2.75, 3.05) is 18.0 Å². The fourth-order valence-corrected chi connectivity index (χ4v) is 3.95. The summed E-state index contributed by atoms with van der Waals surface area (Å²) in [6.45, 7) is 5.47. The van der Waals surface area contributed by atoms with Gasteiger partial charge in [-0.25, -0.2) is 0 Å². The molecule has 0 saturated heterocycles. The van der Waals surface area contributed by atoms with Gasteiger partial charge in [-0.1, -0.05) is 43.9 Å². The van der Waals surface area contributed by atoms with E-state index < -0.39 is 0 Å². The van der Waals surface area contributed by atoms with Crippen molar-refractivity contribution in [3.63, 3.8) is 0 Å². The largest absolute Gasteiger partial charge is 0.334 e. The highest BCUT2D eigenvalue weighted by Gasteiger charge is 2.21. The Morgan fingerprint density at radius 3 is 2.34 bits per heavy atom. The molecular formula is C24H31N3O2. The summed E-state index contributed by atoms with van der Waals surface area (Å²) in [7, 11) is 0. The number of hydrogen-bond donors (Lipinski definition) is 0. The number of para-hydroxylation sites is 1. The van der Waals surface area contributed by atoms with Gasteiger partial charge in [0.15, 0.2) is 0 Å². The Morgan fingerprint density at radius 1 is 0.931 bits per heavy atom. The molecule has 2 heterocycles. The molecule has 0 atom stereocenters. The summed E-state index contributed by atoms with van der Waals surface area (Å²) < 4.78 is 0. The summed E-state index contributed by atoms with van der Waals surface area (Å²) >= 11 is 0. The van der Waals surface area contributed by atoms with Crippen LogP contribution < -0.4 is 4.90 Å². The average molecular weight is 394 g/mol. The molecule has 0 saturated carbocycles. The second kappa shape index (κ2) is 10.2. The molecule has 5 heteroatoms. The van der Waals surface area contributed by atoms with Gasteiger partial charge in [-0.2, -0.15) is 0 Å². The Labute approximate surface area is 173 Å². The van der Waals surface area contributed by atoms with Gasteiger partial charge < -0.3 is 9.80 Å². The van der Waals surface area contributed by atoms with Crippen LogP contribution in [-0.4, -0.2) is 34.8 Å². The standard InChI is InChI=1S/C24H31N3O2/c1-19-17-21(13-14-25-19)24(29)26-15-9-5-3-4-6-10-16-27(20(2)28)23-12-8-7-11-22(23)18-26/h7-8,11-14,17H,3-6,9-10,15-16,18H2,1-2H3. The number of carbonyl (C=O) groups excluding carboxylic acids is 2. The number of rotatable bonds is 1. The minimum atomic E-state index is 0.0227. The first kappa shape index (κ1) is 21.0. The third-order valence-electron chi connectivity index (χ3n) is 5.51. The van der Waals surface area contributed by atoms with E-state index in [0.29, 0.717) is 18.7 Å². The van der Waals surface area contributed by atoms with Crippen LogP contribution >= 0.6 is 0 Å². The highest BCUT2D eigenvalue weighted by Crippen LogP contribution is 2.25. The maximum atomic E-state index is 13.3. The number of anilines is 1. The molecule has 1 aliphatic heterocycles. The summed E-state index contributed by atoms with van der Waals surface area (Å²) in [5.41, 5.74) is 3.44. The molecule has 0 fully saturated rings. The van der Waals surface area contributed by atoms with E-state index in [0.717, 1.165) is 49.2 Å². The topological polar surface area (TPSA) is 53.5 Å². The maximum absolute atomic E-state index is 13.3. The highest BCUT2D eigenvalue weighted by molar-refractivity contribution is 5.95. The third kappa shape index (κ3) is 5.66. The molecule has 0 unspecified atom stereocenters. The smallest absolute Gasteiger partial charge is 0.254 e. The van der Waals surface area contributed by atoms with Gasteiger partial charge in [0.1, 0.15) is 0 Å². The van der Waals surface area contributed by atoms with Crippen LogP contribution in [0, 0.1) is 6.92 Å². The van der Waals surface area contributed by atoms with Crippen LogP contribution in [0.4, 0.5) is 5.69 Å². The summed E-state index contributed by atoms with van der Waals surface area (Å²) in [6, 6.07) is 11.6. The van der Waals surface area contributed by atoms with E-state index in [2.05, 4.69) is 4.98 Å². The van der Waals surface area contributed by atoms with Crippen LogP contribution in [0.2, 0.25) is 0 Å². The molecule has 2 amide bonds. The van der Waals surface area contributed by atoms with Crippen molar-refractivity contribution in [3.8, 4) is 0 Å². The van der Waals surface area contributed by atoms with Gasteiger partial charge in [0.25, 0.3) is 5.91 Å². The fraction of sp³-hybridized carbons (Fsp3) is 0.458. The Bertz CT molecular complexity index is 850. The lowest BCUT2D eigenvalue weighted by Gasteiger charge is -2.28. The zero-order valence-electron chi connectivity index (χ0n) is 17.6. The molecule has 1 aromatic carbocycles. The van der Waals surface area contributed by atoms with Crippen molar-refractivity contribution in [1.82, 2.24) is 9.88 Å². The van der Waals surface area contributed by atoms with Crippen LogP contribution in [0.1, 0.15) is 67.1 Å². The summed E-state index contributed by atoms with van der Waals surface area (Å²) in [5.74, 6) is 0.0736. The Balaban J connectivity index is 1.93. The molecule has 5 nitrogen and oxygen atoms in total. The minimum Gasteiger partial charge on any atom is -0.334 e. The van der Waals surface area contributed by atoms with Gasteiger partial charge in [-0.3, -0.25) is 14.6 Å². The van der Waals surface area contributed by atoms with Gasteiger partial charge in [0.2, 0.25) is 5.91 Å². The lowest BCUT2D eigenvalue weighted by Crippen LogP contribution is -2.34. The first-order valence-corrected chi connectivity index (χ1v) is 10.6. The van der Waals surface area contributed by atoms with Crippen molar-refractivity contribution < 1.29 is 9.59 Å². The Kier molecular flexibility index (Phi) is 7.39. The van der Waals surface area contributed by atoms with E-state index in [1.54, 1.807) is 19.2 Å². The molecular weight excluding hydrogens is 362 g/mol. The van der Waals surface area contributed by atoms with Gasteiger partial charge in [-0.05, 0) is 43.5 Å². The zero-order valence-corrected chi connectivity index (χ0v) is 17.6. The fourth-order valence-electron chi connectivity index (χ4n) is 3.95. The zero-order chi connectivity index (χ0) is 20.6. The third-order valence-corrected chi connectivity index (χ3v) is 5.51. The number of benzene rings is 1.